The molecule has 0 bridgehead atoms. The number of nitriles is 1. The number of nitrogens with zero attached hydrogens (tertiary/aromatic N) is 1. The van der Waals surface area contributed by atoms with Crippen molar-refractivity contribution in [2.24, 2.45) is 5.92 Å². The number of benzene rings is 1. The van der Waals surface area contributed by atoms with Crippen molar-refractivity contribution in [2.45, 2.75) is 25.7 Å². The zero-order valence-corrected chi connectivity index (χ0v) is 10.3. The lowest BCUT2D eigenvalue weighted by Gasteiger charge is -2.07. The molecule has 1 nitrogen and oxygen atoms in total. The molecule has 1 aliphatic rings. The van der Waals surface area contributed by atoms with Crippen LogP contribution in [0.5, 0.6) is 0 Å². The Kier molecular flexibility index (Phi) is 3.43. The fourth-order valence-electron chi connectivity index (χ4n) is 2.17. The summed E-state index contributed by atoms with van der Waals surface area (Å²) in [4.78, 5) is 0. The molecule has 0 radical (unpaired) electrons. The second-order valence-electron chi connectivity index (χ2n) is 4.14. The van der Waals surface area contributed by atoms with Crippen molar-refractivity contribution in [3.8, 4) is 6.07 Å². The van der Waals surface area contributed by atoms with Crippen molar-refractivity contribution >= 4 is 15.9 Å². The summed E-state index contributed by atoms with van der Waals surface area (Å²) >= 11 is 3.37. The molecule has 1 atom stereocenters. The summed E-state index contributed by atoms with van der Waals surface area (Å²) in [5.74, 6) is 0.101. The molecule has 78 valence electrons. The summed E-state index contributed by atoms with van der Waals surface area (Å²) in [6, 6.07) is 9.02. The largest absolute Gasteiger partial charge is 0.198 e. The first-order valence-corrected chi connectivity index (χ1v) is 6.52. The lowest BCUT2D eigenvalue weighted by atomic mass is 9.99. The Morgan fingerprint density at radius 3 is 2.87 bits per heavy atom. The highest BCUT2D eigenvalue weighted by molar-refractivity contribution is 9.09. The highest BCUT2D eigenvalue weighted by atomic mass is 79.9. The number of aryl methyl sites for hydroxylation is 2. The van der Waals surface area contributed by atoms with Gasteiger partial charge in [-0.05, 0) is 42.4 Å². The minimum absolute atomic E-state index is 0.101. The van der Waals surface area contributed by atoms with Gasteiger partial charge in [-0.1, -0.05) is 34.1 Å². The van der Waals surface area contributed by atoms with E-state index in [-0.39, 0.29) is 5.92 Å². The number of rotatable bonds is 3. The maximum Gasteiger partial charge on any atom is 0.0668 e. The smallest absolute Gasteiger partial charge is 0.0668 e. The Morgan fingerprint density at radius 2 is 2.13 bits per heavy atom. The first-order valence-electron chi connectivity index (χ1n) is 5.39. The van der Waals surface area contributed by atoms with E-state index in [9.17, 15) is 0 Å². The molecule has 15 heavy (non-hydrogen) atoms. The van der Waals surface area contributed by atoms with Crippen molar-refractivity contribution in [2.75, 3.05) is 5.33 Å². The molecule has 0 saturated carbocycles. The molecule has 0 aliphatic heterocycles. The first kappa shape index (κ1) is 10.7. The molecule has 1 aromatic carbocycles. The maximum atomic E-state index is 8.90. The van der Waals surface area contributed by atoms with Crippen LogP contribution in [0.25, 0.3) is 0 Å². The Hall–Kier alpha value is -0.810. The number of halogens is 1. The van der Waals surface area contributed by atoms with Crippen LogP contribution in [0.3, 0.4) is 0 Å². The average Bonchev–Trinajstić information content (AvgIpc) is 2.73. The lowest BCUT2D eigenvalue weighted by Crippen LogP contribution is -2.03. The molecule has 1 aliphatic carbocycles. The average molecular weight is 264 g/mol. The summed E-state index contributed by atoms with van der Waals surface area (Å²) in [7, 11) is 0. The Bertz CT molecular complexity index is 392. The van der Waals surface area contributed by atoms with Crippen LogP contribution in [-0.2, 0) is 19.3 Å². The molecule has 0 saturated heterocycles. The predicted molar refractivity (Wildman–Crippen MR) is 65.1 cm³/mol. The van der Waals surface area contributed by atoms with Gasteiger partial charge in [0.1, 0.15) is 0 Å². The number of fused-ring (bicyclic) bond motifs is 1. The molecule has 0 heterocycles. The van der Waals surface area contributed by atoms with Gasteiger partial charge in [0.05, 0.1) is 12.0 Å². The molecular formula is C13H14BrN. The highest BCUT2D eigenvalue weighted by Crippen LogP contribution is 2.24. The molecular weight excluding hydrogens is 250 g/mol. The van der Waals surface area contributed by atoms with Crippen LogP contribution >= 0.6 is 15.9 Å². The van der Waals surface area contributed by atoms with Gasteiger partial charge in [-0.15, -0.1) is 0 Å². The normalized spacial score (nSPS) is 15.7. The van der Waals surface area contributed by atoms with Crippen molar-refractivity contribution in [1.82, 2.24) is 0 Å². The van der Waals surface area contributed by atoms with Crippen molar-refractivity contribution in [3.05, 3.63) is 34.9 Å². The van der Waals surface area contributed by atoms with E-state index in [1.54, 1.807) is 0 Å². The zero-order valence-electron chi connectivity index (χ0n) is 8.67. The van der Waals surface area contributed by atoms with Crippen molar-refractivity contribution in [3.63, 3.8) is 0 Å². The monoisotopic (exact) mass is 263 g/mol. The van der Waals surface area contributed by atoms with Crippen molar-refractivity contribution in [1.29, 1.82) is 5.26 Å². The quantitative estimate of drug-likeness (QED) is 0.769. The van der Waals surface area contributed by atoms with E-state index in [0.29, 0.717) is 0 Å². The van der Waals surface area contributed by atoms with E-state index in [2.05, 4.69) is 40.2 Å². The topological polar surface area (TPSA) is 23.8 Å². The standard InChI is InChI=1S/C13H14BrN/c14-8-11(9-15)6-10-4-5-12-2-1-3-13(12)7-10/h4-5,7,11H,1-3,6,8H2. The van der Waals surface area contributed by atoms with E-state index >= 15 is 0 Å². The van der Waals surface area contributed by atoms with Gasteiger partial charge in [-0.3, -0.25) is 0 Å². The van der Waals surface area contributed by atoms with E-state index in [0.717, 1.165) is 11.8 Å². The minimum Gasteiger partial charge on any atom is -0.198 e. The fourth-order valence-corrected chi connectivity index (χ4v) is 2.55. The molecule has 0 N–H and O–H groups in total. The van der Waals surface area contributed by atoms with Gasteiger partial charge in [-0.25, -0.2) is 0 Å². The number of alkyl halides is 1. The highest BCUT2D eigenvalue weighted by Gasteiger charge is 2.12. The van der Waals surface area contributed by atoms with Crippen LogP contribution in [0.2, 0.25) is 0 Å². The fraction of sp³-hybridized carbons (Fsp3) is 0.462. The third kappa shape index (κ3) is 2.41. The maximum absolute atomic E-state index is 8.90. The predicted octanol–water partition coefficient (Wildman–Crippen LogP) is 3.25. The second-order valence-corrected chi connectivity index (χ2v) is 4.79. The summed E-state index contributed by atoms with van der Waals surface area (Å²) < 4.78 is 0. The number of hydrogen-bond acceptors (Lipinski definition) is 1. The van der Waals surface area contributed by atoms with Gasteiger partial charge in [-0.2, -0.15) is 5.26 Å². The van der Waals surface area contributed by atoms with Gasteiger partial charge in [0.25, 0.3) is 0 Å². The van der Waals surface area contributed by atoms with Crippen LogP contribution in [0, 0.1) is 17.2 Å². The molecule has 0 spiro atoms. The third-order valence-electron chi connectivity index (χ3n) is 3.01. The van der Waals surface area contributed by atoms with Crippen LogP contribution in [0.1, 0.15) is 23.1 Å². The Morgan fingerprint density at radius 1 is 1.33 bits per heavy atom. The molecule has 1 aromatic rings. The minimum atomic E-state index is 0.101. The Balaban J connectivity index is 2.13. The Labute approximate surface area is 99.2 Å². The first-order chi connectivity index (χ1) is 7.33. The van der Waals surface area contributed by atoms with Crippen LogP contribution < -0.4 is 0 Å². The third-order valence-corrected chi connectivity index (χ3v) is 3.80. The summed E-state index contributed by atoms with van der Waals surface area (Å²) in [6.45, 7) is 0. The summed E-state index contributed by atoms with van der Waals surface area (Å²) in [5, 5.41) is 9.67. The van der Waals surface area contributed by atoms with Gasteiger partial charge in [0.2, 0.25) is 0 Å². The van der Waals surface area contributed by atoms with Gasteiger partial charge < -0.3 is 0 Å². The molecule has 0 aromatic heterocycles. The SMILES string of the molecule is N#CC(CBr)Cc1ccc2c(c1)CCC2. The second kappa shape index (κ2) is 4.81. The summed E-state index contributed by atoms with van der Waals surface area (Å²) in [5.41, 5.74) is 4.31. The molecule has 0 fully saturated rings. The van der Waals surface area contributed by atoms with Gasteiger partial charge >= 0.3 is 0 Å². The van der Waals surface area contributed by atoms with Crippen LogP contribution in [-0.4, -0.2) is 5.33 Å². The zero-order chi connectivity index (χ0) is 10.7. The van der Waals surface area contributed by atoms with E-state index < -0.39 is 0 Å². The summed E-state index contributed by atoms with van der Waals surface area (Å²) in [6.07, 6.45) is 4.61. The van der Waals surface area contributed by atoms with E-state index in [1.807, 2.05) is 0 Å². The molecule has 1 unspecified atom stereocenters. The molecule has 2 heteroatoms. The molecule has 0 amide bonds. The van der Waals surface area contributed by atoms with E-state index in [4.69, 9.17) is 5.26 Å². The number of hydrogen-bond donors (Lipinski definition) is 0. The van der Waals surface area contributed by atoms with Crippen molar-refractivity contribution < 1.29 is 0 Å². The van der Waals surface area contributed by atoms with Crippen LogP contribution in [0.4, 0.5) is 0 Å². The van der Waals surface area contributed by atoms with Gasteiger partial charge in [0, 0.05) is 5.33 Å². The molecule has 2 rings (SSSR count). The lowest BCUT2D eigenvalue weighted by molar-refractivity contribution is 0.755. The van der Waals surface area contributed by atoms with E-state index in [1.165, 1.54) is 36.0 Å². The van der Waals surface area contributed by atoms with Gasteiger partial charge in [0.15, 0.2) is 0 Å². The van der Waals surface area contributed by atoms with Crippen LogP contribution in [0.15, 0.2) is 18.2 Å².